The zero-order chi connectivity index (χ0) is 20.3. The van der Waals surface area contributed by atoms with Crippen LogP contribution in [-0.2, 0) is 0 Å². The lowest BCUT2D eigenvalue weighted by atomic mass is 10.1. The summed E-state index contributed by atoms with van der Waals surface area (Å²) in [5.41, 5.74) is 3.05. The number of hydrogen-bond acceptors (Lipinski definition) is 4. The average Bonchev–Trinajstić information content (AvgIpc) is 2.66. The van der Waals surface area contributed by atoms with Gasteiger partial charge in [0.15, 0.2) is 0 Å². The highest BCUT2D eigenvalue weighted by molar-refractivity contribution is 5.99. The Morgan fingerprint density at radius 1 is 1.04 bits per heavy atom. The number of nitrogens with one attached hydrogen (secondary N) is 1. The van der Waals surface area contributed by atoms with Crippen LogP contribution in [-0.4, -0.2) is 24.1 Å². The van der Waals surface area contributed by atoms with Crippen LogP contribution in [0.25, 0.3) is 10.9 Å². The van der Waals surface area contributed by atoms with Crippen molar-refractivity contribution < 1.29 is 14.3 Å². The molecule has 1 unspecified atom stereocenters. The van der Waals surface area contributed by atoms with E-state index in [1.54, 1.807) is 7.11 Å². The molecule has 146 valence electrons. The highest BCUT2D eigenvalue weighted by Crippen LogP contribution is 2.23. The van der Waals surface area contributed by atoms with E-state index >= 15 is 0 Å². The second-order valence-electron chi connectivity index (χ2n) is 7.11. The number of rotatable bonds is 6. The molecule has 1 atom stereocenters. The van der Waals surface area contributed by atoms with Gasteiger partial charge in [0.05, 0.1) is 36.0 Å². The molecule has 0 aliphatic heterocycles. The van der Waals surface area contributed by atoms with Crippen molar-refractivity contribution in [2.75, 3.05) is 7.11 Å². The number of aryl methyl sites for hydroxylation is 1. The van der Waals surface area contributed by atoms with E-state index in [1.165, 1.54) is 0 Å². The van der Waals surface area contributed by atoms with Crippen LogP contribution < -0.4 is 14.8 Å². The molecule has 0 radical (unpaired) electrons. The first kappa shape index (κ1) is 19.7. The molecule has 0 saturated carbocycles. The molecule has 2 aromatic carbocycles. The minimum Gasteiger partial charge on any atom is -0.497 e. The molecule has 1 amide bonds. The smallest absolute Gasteiger partial charge is 0.253 e. The number of carbonyl (C=O) groups is 1. The molecule has 5 heteroatoms. The zero-order valence-electron chi connectivity index (χ0n) is 16.9. The first-order valence-electron chi connectivity index (χ1n) is 9.40. The van der Waals surface area contributed by atoms with Gasteiger partial charge in [-0.15, -0.1) is 0 Å². The molecule has 1 heterocycles. The Hall–Kier alpha value is -3.08. The van der Waals surface area contributed by atoms with Crippen LogP contribution in [0.5, 0.6) is 11.5 Å². The molecule has 3 rings (SSSR count). The fraction of sp³-hybridized carbons (Fsp3) is 0.304. The maximum absolute atomic E-state index is 12.9. The topological polar surface area (TPSA) is 60.5 Å². The number of ether oxygens (including phenoxy) is 2. The molecule has 0 saturated heterocycles. The lowest BCUT2D eigenvalue weighted by molar-refractivity contribution is 0.0939. The van der Waals surface area contributed by atoms with E-state index in [4.69, 9.17) is 9.47 Å². The zero-order valence-corrected chi connectivity index (χ0v) is 16.9. The summed E-state index contributed by atoms with van der Waals surface area (Å²) >= 11 is 0. The summed E-state index contributed by atoms with van der Waals surface area (Å²) < 4.78 is 11.0. The molecule has 5 nitrogen and oxygen atoms in total. The summed E-state index contributed by atoms with van der Waals surface area (Å²) in [6.07, 6.45) is 0.102. The second-order valence-corrected chi connectivity index (χ2v) is 7.11. The minimum atomic E-state index is -0.158. The fourth-order valence-corrected chi connectivity index (χ4v) is 3.09. The van der Waals surface area contributed by atoms with Crippen molar-refractivity contribution in [3.8, 4) is 11.5 Å². The van der Waals surface area contributed by atoms with Crippen molar-refractivity contribution in [2.24, 2.45) is 0 Å². The van der Waals surface area contributed by atoms with Crippen LogP contribution >= 0.6 is 0 Å². The molecule has 28 heavy (non-hydrogen) atoms. The monoisotopic (exact) mass is 378 g/mol. The van der Waals surface area contributed by atoms with Crippen molar-refractivity contribution in [3.05, 3.63) is 65.4 Å². The number of aromatic nitrogens is 1. The second kappa shape index (κ2) is 8.30. The first-order chi connectivity index (χ1) is 13.4. The molecular weight excluding hydrogens is 352 g/mol. The van der Waals surface area contributed by atoms with Gasteiger partial charge in [0.25, 0.3) is 5.91 Å². The van der Waals surface area contributed by atoms with Crippen LogP contribution in [0.2, 0.25) is 0 Å². The largest absolute Gasteiger partial charge is 0.497 e. The standard InChI is InChI=1S/C23H26N2O3/c1-14(2)28-20-8-6-7-17(11-20)15(3)25-23(26)21-12-18-9-10-19(27-5)13-22(18)24-16(21)4/h6-15H,1-5H3,(H,25,26). The van der Waals surface area contributed by atoms with E-state index in [0.29, 0.717) is 11.3 Å². The van der Waals surface area contributed by atoms with E-state index in [9.17, 15) is 4.79 Å². The Morgan fingerprint density at radius 2 is 1.82 bits per heavy atom. The van der Waals surface area contributed by atoms with Crippen LogP contribution in [0.1, 0.15) is 48.4 Å². The molecule has 3 aromatic rings. The summed E-state index contributed by atoms with van der Waals surface area (Å²) in [6, 6.07) is 15.2. The summed E-state index contributed by atoms with van der Waals surface area (Å²) in [7, 11) is 1.62. The van der Waals surface area contributed by atoms with Gasteiger partial charge >= 0.3 is 0 Å². The summed E-state index contributed by atoms with van der Waals surface area (Å²) in [5, 5.41) is 3.96. The fourth-order valence-electron chi connectivity index (χ4n) is 3.09. The van der Waals surface area contributed by atoms with E-state index < -0.39 is 0 Å². The normalized spacial score (nSPS) is 12.1. The van der Waals surface area contributed by atoms with E-state index in [2.05, 4.69) is 10.3 Å². The third-order valence-corrected chi connectivity index (χ3v) is 4.54. The van der Waals surface area contributed by atoms with Crippen LogP contribution in [0, 0.1) is 6.92 Å². The average molecular weight is 378 g/mol. The van der Waals surface area contributed by atoms with Crippen LogP contribution in [0.15, 0.2) is 48.5 Å². The van der Waals surface area contributed by atoms with Gasteiger partial charge in [0, 0.05) is 11.5 Å². The number of hydrogen-bond donors (Lipinski definition) is 1. The Kier molecular flexibility index (Phi) is 5.83. The number of fused-ring (bicyclic) bond motifs is 1. The lowest BCUT2D eigenvalue weighted by Gasteiger charge is -2.17. The van der Waals surface area contributed by atoms with Gasteiger partial charge in [0.1, 0.15) is 11.5 Å². The van der Waals surface area contributed by atoms with Gasteiger partial charge < -0.3 is 14.8 Å². The molecule has 1 N–H and O–H groups in total. The maximum Gasteiger partial charge on any atom is 0.253 e. The van der Waals surface area contributed by atoms with Gasteiger partial charge in [-0.2, -0.15) is 0 Å². The lowest BCUT2D eigenvalue weighted by Crippen LogP contribution is -2.27. The maximum atomic E-state index is 12.9. The molecule has 0 aliphatic rings. The summed E-state index contributed by atoms with van der Waals surface area (Å²) in [4.78, 5) is 17.4. The van der Waals surface area contributed by atoms with Gasteiger partial charge in [-0.3, -0.25) is 9.78 Å². The Labute approximate surface area is 165 Å². The number of carbonyl (C=O) groups excluding carboxylic acids is 1. The number of pyridine rings is 1. The number of nitrogens with zero attached hydrogens (tertiary/aromatic N) is 1. The Bertz CT molecular complexity index is 998. The molecule has 0 bridgehead atoms. The third-order valence-electron chi connectivity index (χ3n) is 4.54. The molecular formula is C23H26N2O3. The number of benzene rings is 2. The highest BCUT2D eigenvalue weighted by atomic mass is 16.5. The highest BCUT2D eigenvalue weighted by Gasteiger charge is 2.16. The van der Waals surface area contributed by atoms with Crippen molar-refractivity contribution in [2.45, 2.75) is 39.8 Å². The number of amides is 1. The molecule has 0 fully saturated rings. The van der Waals surface area contributed by atoms with Crippen LogP contribution in [0.4, 0.5) is 0 Å². The van der Waals surface area contributed by atoms with Crippen molar-refractivity contribution in [3.63, 3.8) is 0 Å². The molecule has 0 aliphatic carbocycles. The van der Waals surface area contributed by atoms with E-state index in [1.807, 2.05) is 76.2 Å². The molecule has 1 aromatic heterocycles. The van der Waals surface area contributed by atoms with E-state index in [-0.39, 0.29) is 18.1 Å². The SMILES string of the molecule is COc1ccc2cc(C(=O)NC(C)c3cccc(OC(C)C)c3)c(C)nc2c1. The van der Waals surface area contributed by atoms with Gasteiger partial charge in [-0.25, -0.2) is 0 Å². The predicted molar refractivity (Wildman–Crippen MR) is 111 cm³/mol. The third kappa shape index (κ3) is 4.42. The Balaban J connectivity index is 1.81. The number of methoxy groups -OCH3 is 1. The minimum absolute atomic E-state index is 0.102. The first-order valence-corrected chi connectivity index (χ1v) is 9.40. The van der Waals surface area contributed by atoms with Crippen molar-refractivity contribution in [1.82, 2.24) is 10.3 Å². The van der Waals surface area contributed by atoms with Crippen LogP contribution in [0.3, 0.4) is 0 Å². The predicted octanol–water partition coefficient (Wildman–Crippen LogP) is 4.83. The summed E-state index contributed by atoms with van der Waals surface area (Å²) in [5.74, 6) is 1.39. The molecule has 0 spiro atoms. The van der Waals surface area contributed by atoms with Crippen molar-refractivity contribution in [1.29, 1.82) is 0 Å². The van der Waals surface area contributed by atoms with Gasteiger partial charge in [-0.1, -0.05) is 12.1 Å². The Morgan fingerprint density at radius 3 is 2.54 bits per heavy atom. The van der Waals surface area contributed by atoms with Gasteiger partial charge in [0.2, 0.25) is 0 Å². The summed E-state index contributed by atoms with van der Waals surface area (Å²) in [6.45, 7) is 7.78. The quantitative estimate of drug-likeness (QED) is 0.667. The van der Waals surface area contributed by atoms with E-state index in [0.717, 1.165) is 28.0 Å². The van der Waals surface area contributed by atoms with Gasteiger partial charge in [-0.05, 0) is 63.6 Å². The van der Waals surface area contributed by atoms with Crippen molar-refractivity contribution >= 4 is 16.8 Å².